The Morgan fingerprint density at radius 1 is 1.07 bits per heavy atom. The number of rotatable bonds is 7. The third kappa shape index (κ3) is 5.23. The van der Waals surface area contributed by atoms with Crippen molar-refractivity contribution in [1.82, 2.24) is 10.2 Å². The summed E-state index contributed by atoms with van der Waals surface area (Å²) in [4.78, 5) is 28.2. The van der Waals surface area contributed by atoms with Crippen LogP contribution in [0.2, 0.25) is 0 Å². The molecule has 41 heavy (non-hydrogen) atoms. The van der Waals surface area contributed by atoms with E-state index in [1.807, 2.05) is 0 Å². The number of hydrogen-bond acceptors (Lipinski definition) is 10. The van der Waals surface area contributed by atoms with Crippen LogP contribution in [0.5, 0.6) is 17.2 Å². The molecule has 3 aromatic carbocycles. The molecule has 1 amide bonds. The average Bonchev–Trinajstić information content (AvgIpc) is 3.58. The Kier molecular flexibility index (Phi) is 7.33. The number of benzene rings is 3. The number of aliphatic hydroxyl groups excluding tert-OH is 1. The van der Waals surface area contributed by atoms with Gasteiger partial charge >= 0.3 is 5.91 Å². The zero-order valence-corrected chi connectivity index (χ0v) is 23.2. The fraction of sp³-hybridized carbons (Fsp3) is 0.172. The van der Waals surface area contributed by atoms with Crippen LogP contribution in [0.3, 0.4) is 0 Å². The molecular formula is C29H22FN3O6S2. The first-order chi connectivity index (χ1) is 19.9. The molecule has 0 radical (unpaired) electrons. The van der Waals surface area contributed by atoms with Crippen LogP contribution in [0.25, 0.3) is 5.76 Å². The molecule has 1 saturated heterocycles. The Balaban J connectivity index is 1.39. The highest BCUT2D eigenvalue weighted by Gasteiger charge is 2.48. The molecule has 3 heterocycles. The predicted octanol–water partition coefficient (Wildman–Crippen LogP) is 5.38. The van der Waals surface area contributed by atoms with Crippen LogP contribution in [0.15, 0.2) is 76.6 Å². The molecule has 4 aromatic rings. The summed E-state index contributed by atoms with van der Waals surface area (Å²) in [7, 11) is 1.51. The summed E-state index contributed by atoms with van der Waals surface area (Å²) in [6.07, 6.45) is 0. The molecule has 1 unspecified atom stereocenters. The molecule has 0 spiro atoms. The van der Waals surface area contributed by atoms with E-state index in [4.69, 9.17) is 14.2 Å². The van der Waals surface area contributed by atoms with E-state index in [1.165, 1.54) is 35.9 Å². The van der Waals surface area contributed by atoms with Crippen molar-refractivity contribution in [2.75, 3.05) is 25.2 Å². The van der Waals surface area contributed by atoms with Gasteiger partial charge in [0.1, 0.15) is 30.5 Å². The zero-order valence-electron chi connectivity index (χ0n) is 21.6. The van der Waals surface area contributed by atoms with Gasteiger partial charge in [-0.25, -0.2) is 4.39 Å². The van der Waals surface area contributed by atoms with Crippen molar-refractivity contribution in [3.05, 3.63) is 94.8 Å². The number of anilines is 1. The Morgan fingerprint density at radius 3 is 2.63 bits per heavy atom. The maximum absolute atomic E-state index is 13.5. The van der Waals surface area contributed by atoms with Crippen molar-refractivity contribution in [2.45, 2.75) is 16.1 Å². The predicted molar refractivity (Wildman–Crippen MR) is 151 cm³/mol. The number of thioether (sulfide) groups is 1. The number of hydrogen-bond donors (Lipinski definition) is 1. The van der Waals surface area contributed by atoms with Crippen LogP contribution in [-0.4, -0.2) is 47.3 Å². The number of nitrogens with zero attached hydrogens (tertiary/aromatic N) is 3. The third-order valence-electron chi connectivity index (χ3n) is 6.55. The number of carbonyl (C=O) groups excluding carboxylic acids is 2. The average molecular weight is 592 g/mol. The normalized spacial score (nSPS) is 17.6. The van der Waals surface area contributed by atoms with E-state index in [9.17, 15) is 19.1 Å². The molecule has 9 nitrogen and oxygen atoms in total. The van der Waals surface area contributed by atoms with Gasteiger partial charge in [0.2, 0.25) is 5.13 Å². The monoisotopic (exact) mass is 591 g/mol. The highest BCUT2D eigenvalue weighted by atomic mass is 32.2. The van der Waals surface area contributed by atoms with Gasteiger partial charge in [0.25, 0.3) is 5.78 Å². The van der Waals surface area contributed by atoms with E-state index < -0.39 is 17.7 Å². The standard InChI is InChI=1S/C29H22FN3O6S2/c1-37-20-4-2-3-17(13-20)24-23(25(34)18-7-10-21-22(14-18)39-12-11-38-21)26(35)27(36)33(24)28-31-32-29(41-28)40-15-16-5-8-19(30)9-6-16/h2-10,13-14,24,34H,11-12,15H2,1H3/b25-23+. The van der Waals surface area contributed by atoms with Gasteiger partial charge in [0, 0.05) is 11.3 Å². The number of amides is 1. The van der Waals surface area contributed by atoms with Crippen LogP contribution in [0.1, 0.15) is 22.7 Å². The molecule has 0 saturated carbocycles. The van der Waals surface area contributed by atoms with Crippen LogP contribution >= 0.6 is 23.1 Å². The van der Waals surface area contributed by atoms with Crippen molar-refractivity contribution < 1.29 is 33.3 Å². The third-order valence-corrected chi connectivity index (χ3v) is 8.67. The van der Waals surface area contributed by atoms with Crippen molar-refractivity contribution in [2.24, 2.45) is 0 Å². The smallest absolute Gasteiger partial charge is 0.301 e. The lowest BCUT2D eigenvalue weighted by atomic mass is 9.95. The highest BCUT2D eigenvalue weighted by molar-refractivity contribution is 8.00. The lowest BCUT2D eigenvalue weighted by Crippen LogP contribution is -2.29. The molecule has 12 heteroatoms. The van der Waals surface area contributed by atoms with Gasteiger partial charge in [-0.15, -0.1) is 10.2 Å². The van der Waals surface area contributed by atoms with Gasteiger partial charge < -0.3 is 19.3 Å². The quantitative estimate of drug-likeness (QED) is 0.0996. The van der Waals surface area contributed by atoms with Gasteiger partial charge in [-0.1, -0.05) is 47.4 Å². The Labute approximate surface area is 242 Å². The van der Waals surface area contributed by atoms with E-state index in [0.717, 1.165) is 16.9 Å². The number of carbonyl (C=O) groups is 2. The van der Waals surface area contributed by atoms with Gasteiger partial charge in [0.15, 0.2) is 15.8 Å². The minimum atomic E-state index is -0.999. The summed E-state index contributed by atoms with van der Waals surface area (Å²) in [6, 6.07) is 16.9. The molecule has 2 aliphatic heterocycles. The number of aromatic nitrogens is 2. The summed E-state index contributed by atoms with van der Waals surface area (Å²) in [5, 5.41) is 20.1. The molecule has 1 N–H and O–H groups in total. The summed E-state index contributed by atoms with van der Waals surface area (Å²) in [6.45, 7) is 0.759. The van der Waals surface area contributed by atoms with Gasteiger partial charge in [-0.05, 0) is 53.6 Å². The molecule has 208 valence electrons. The lowest BCUT2D eigenvalue weighted by Gasteiger charge is -2.23. The fourth-order valence-corrected chi connectivity index (χ4v) is 6.41. The second-order valence-corrected chi connectivity index (χ2v) is 11.2. The van der Waals surface area contributed by atoms with Crippen LogP contribution in [-0.2, 0) is 15.3 Å². The van der Waals surface area contributed by atoms with E-state index in [2.05, 4.69) is 10.2 Å². The van der Waals surface area contributed by atoms with E-state index in [0.29, 0.717) is 51.7 Å². The number of halogens is 1. The highest BCUT2D eigenvalue weighted by Crippen LogP contribution is 2.45. The van der Waals surface area contributed by atoms with Crippen LogP contribution < -0.4 is 19.1 Å². The number of methoxy groups -OCH3 is 1. The maximum atomic E-state index is 13.5. The lowest BCUT2D eigenvalue weighted by molar-refractivity contribution is -0.132. The SMILES string of the molecule is COc1cccc(C2/C(=C(\O)c3ccc4c(c3)OCCO4)C(=O)C(=O)N2c2nnc(SCc3ccc(F)cc3)s2)c1. The first-order valence-electron chi connectivity index (χ1n) is 12.5. The minimum absolute atomic E-state index is 0.101. The summed E-state index contributed by atoms with van der Waals surface area (Å²) in [5.41, 5.74) is 1.63. The molecule has 2 aliphatic rings. The van der Waals surface area contributed by atoms with Gasteiger partial charge in [0.05, 0.1) is 18.7 Å². The first kappa shape index (κ1) is 26.8. The topological polar surface area (TPSA) is 111 Å². The van der Waals surface area contributed by atoms with E-state index in [-0.39, 0.29) is 22.3 Å². The molecule has 1 fully saturated rings. The number of ketones is 1. The molecule has 0 bridgehead atoms. The zero-order chi connectivity index (χ0) is 28.5. The van der Waals surface area contributed by atoms with Crippen molar-refractivity contribution in [1.29, 1.82) is 0 Å². The summed E-state index contributed by atoms with van der Waals surface area (Å²) >= 11 is 2.52. The fourth-order valence-electron chi connectivity index (χ4n) is 4.59. The van der Waals surface area contributed by atoms with E-state index in [1.54, 1.807) is 54.6 Å². The molecule has 0 aliphatic carbocycles. The first-order valence-corrected chi connectivity index (χ1v) is 14.3. The van der Waals surface area contributed by atoms with Gasteiger partial charge in [-0.3, -0.25) is 14.5 Å². The summed E-state index contributed by atoms with van der Waals surface area (Å²) in [5.74, 6) is -0.398. The van der Waals surface area contributed by atoms with Crippen molar-refractivity contribution in [3.63, 3.8) is 0 Å². The Morgan fingerprint density at radius 2 is 1.85 bits per heavy atom. The Hall–Kier alpha value is -4.42. The molecule has 1 aromatic heterocycles. The molecule has 1 atom stereocenters. The molecule has 6 rings (SSSR count). The van der Waals surface area contributed by atoms with Crippen molar-refractivity contribution >= 4 is 45.7 Å². The number of Topliss-reactive ketones (excluding diaryl/α,β-unsaturated/α-hetero) is 1. The Bertz CT molecular complexity index is 1670. The van der Waals surface area contributed by atoms with Crippen molar-refractivity contribution in [3.8, 4) is 17.2 Å². The number of fused-ring (bicyclic) bond motifs is 1. The largest absolute Gasteiger partial charge is 0.507 e. The number of aliphatic hydroxyl groups is 1. The van der Waals surface area contributed by atoms with Crippen LogP contribution in [0, 0.1) is 5.82 Å². The van der Waals surface area contributed by atoms with E-state index >= 15 is 0 Å². The second kappa shape index (κ2) is 11.2. The molecular weight excluding hydrogens is 569 g/mol. The minimum Gasteiger partial charge on any atom is -0.507 e. The number of ether oxygens (including phenoxy) is 3. The van der Waals surface area contributed by atoms with Gasteiger partial charge in [-0.2, -0.15) is 0 Å². The maximum Gasteiger partial charge on any atom is 0.301 e. The van der Waals surface area contributed by atoms with Crippen LogP contribution in [0.4, 0.5) is 9.52 Å². The second-order valence-electron chi connectivity index (χ2n) is 9.07. The summed E-state index contributed by atoms with van der Waals surface area (Å²) < 4.78 is 30.4.